The van der Waals surface area contributed by atoms with Gasteiger partial charge in [0, 0.05) is 12.3 Å². The van der Waals surface area contributed by atoms with Crippen molar-refractivity contribution in [2.24, 2.45) is 5.92 Å². The summed E-state index contributed by atoms with van der Waals surface area (Å²) in [6.45, 7) is 8.74. The van der Waals surface area contributed by atoms with Crippen molar-refractivity contribution in [2.75, 3.05) is 6.61 Å². The van der Waals surface area contributed by atoms with Gasteiger partial charge >= 0.3 is 19.4 Å². The molecule has 0 amide bonds. The van der Waals surface area contributed by atoms with Gasteiger partial charge in [-0.25, -0.2) is 13.8 Å². The summed E-state index contributed by atoms with van der Waals surface area (Å²) in [5.41, 5.74) is -1.31. The third-order valence-electron chi connectivity index (χ3n) is 5.56. The van der Waals surface area contributed by atoms with Gasteiger partial charge in [0.25, 0.3) is 11.4 Å². The van der Waals surface area contributed by atoms with Gasteiger partial charge in [-0.3, -0.25) is 23.7 Å². The van der Waals surface area contributed by atoms with Crippen LogP contribution >= 0.6 is 7.75 Å². The number of nitrogens with zero attached hydrogens (tertiary/aromatic N) is 1. The Hall–Kier alpha value is -3.09. The highest BCUT2D eigenvalue weighted by molar-refractivity contribution is 7.52. The van der Waals surface area contributed by atoms with Crippen molar-refractivity contribution in [3.8, 4) is 5.75 Å². The highest BCUT2D eigenvalue weighted by atomic mass is 31.2. The molecule has 38 heavy (non-hydrogen) atoms. The molecule has 3 unspecified atom stereocenters. The minimum absolute atomic E-state index is 0.0889. The van der Waals surface area contributed by atoms with E-state index in [1.54, 1.807) is 32.0 Å². The van der Waals surface area contributed by atoms with Gasteiger partial charge in [-0.15, -0.1) is 0 Å². The lowest BCUT2D eigenvalue weighted by Crippen LogP contribution is -2.43. The molecule has 6 atom stereocenters. The number of rotatable bonds is 11. The molecule has 0 radical (unpaired) electrons. The smallest absolute Gasteiger partial charge is 0.459 e. The van der Waals surface area contributed by atoms with Crippen molar-refractivity contribution in [3.05, 3.63) is 75.6 Å². The number of carbonyl (C=O) groups excluding carboxylic acids is 1. The molecule has 0 bridgehead atoms. The van der Waals surface area contributed by atoms with Crippen LogP contribution in [0.3, 0.4) is 0 Å². The maximum atomic E-state index is 16.1. The molecule has 0 spiro atoms. The summed E-state index contributed by atoms with van der Waals surface area (Å²) < 4.78 is 52.0. The Balaban J connectivity index is 1.88. The molecule has 0 aliphatic carbocycles. The van der Waals surface area contributed by atoms with Gasteiger partial charge in [0.05, 0.1) is 12.0 Å². The number of carbonyl (C=O) groups is 1. The third-order valence-corrected chi connectivity index (χ3v) is 7.18. The molecule has 14 heteroatoms. The highest BCUT2D eigenvalue weighted by Crippen LogP contribution is 2.50. The van der Waals surface area contributed by atoms with Gasteiger partial charge in [0.2, 0.25) is 0 Å². The van der Waals surface area contributed by atoms with Gasteiger partial charge in [-0.1, -0.05) is 30.4 Å². The number of aliphatic hydroxyl groups excluding tert-OH is 1. The monoisotopic (exact) mass is 555 g/mol. The second-order valence-corrected chi connectivity index (χ2v) is 10.8. The molecular weight excluding hydrogens is 524 g/mol. The molecular formula is C24H31FN3O9P. The van der Waals surface area contributed by atoms with Crippen LogP contribution in [-0.4, -0.2) is 51.3 Å². The molecule has 3 N–H and O–H groups in total. The topological polar surface area (TPSA) is 158 Å². The lowest BCUT2D eigenvalue weighted by molar-refractivity contribution is -0.204. The number of aliphatic hydroxyl groups is 1. The fourth-order valence-electron chi connectivity index (χ4n) is 3.76. The Morgan fingerprint density at radius 3 is 2.53 bits per heavy atom. The number of para-hydroxylation sites is 1. The third kappa shape index (κ3) is 6.86. The number of halogens is 1. The van der Waals surface area contributed by atoms with E-state index in [4.69, 9.17) is 18.5 Å². The molecule has 1 saturated heterocycles. The summed E-state index contributed by atoms with van der Waals surface area (Å²) in [5.74, 6) is -4.81. The maximum absolute atomic E-state index is 16.1. The normalized spacial score (nSPS) is 25.5. The van der Waals surface area contributed by atoms with Crippen LogP contribution in [0.15, 0.2) is 64.3 Å². The fraction of sp³-hybridized carbons (Fsp3) is 0.458. The predicted molar refractivity (Wildman–Crippen MR) is 134 cm³/mol. The van der Waals surface area contributed by atoms with Crippen LogP contribution in [0.2, 0.25) is 0 Å². The summed E-state index contributed by atoms with van der Waals surface area (Å²) >= 11 is 0. The van der Waals surface area contributed by atoms with Gasteiger partial charge in [-0.2, -0.15) is 5.09 Å². The van der Waals surface area contributed by atoms with Crippen molar-refractivity contribution in [3.63, 3.8) is 0 Å². The van der Waals surface area contributed by atoms with Crippen LogP contribution < -0.4 is 20.9 Å². The average molecular weight is 555 g/mol. The largest absolute Gasteiger partial charge is 0.462 e. The van der Waals surface area contributed by atoms with E-state index in [2.05, 4.69) is 11.7 Å². The average Bonchev–Trinajstić information content (AvgIpc) is 3.09. The zero-order valence-corrected chi connectivity index (χ0v) is 22.2. The molecule has 3 rings (SSSR count). The predicted octanol–water partition coefficient (Wildman–Crippen LogP) is 2.42. The fourth-order valence-corrected chi connectivity index (χ4v) is 5.27. The van der Waals surface area contributed by atoms with Crippen molar-refractivity contribution in [1.82, 2.24) is 14.6 Å². The Labute approximate surface area is 218 Å². The summed E-state index contributed by atoms with van der Waals surface area (Å²) in [7, 11) is -4.49. The molecule has 1 aromatic heterocycles. The first-order valence-corrected chi connectivity index (χ1v) is 13.3. The quantitative estimate of drug-likeness (QED) is 0.214. The van der Waals surface area contributed by atoms with Crippen LogP contribution in [0, 0.1) is 5.92 Å². The van der Waals surface area contributed by atoms with E-state index >= 15 is 4.39 Å². The number of nitrogens with one attached hydrogen (secondary N) is 2. The minimum Gasteiger partial charge on any atom is -0.462 e. The first-order valence-electron chi connectivity index (χ1n) is 11.7. The molecule has 208 valence electrons. The number of ether oxygens (including phenoxy) is 2. The van der Waals surface area contributed by atoms with E-state index in [0.29, 0.717) is 0 Å². The zero-order valence-electron chi connectivity index (χ0n) is 21.3. The summed E-state index contributed by atoms with van der Waals surface area (Å²) in [5, 5.41) is 13.3. The molecule has 12 nitrogen and oxygen atoms in total. The van der Waals surface area contributed by atoms with E-state index in [1.807, 2.05) is 4.98 Å². The second-order valence-electron chi connectivity index (χ2n) is 9.14. The van der Waals surface area contributed by atoms with Crippen LogP contribution in [0.5, 0.6) is 5.75 Å². The number of alkyl halides is 1. The molecule has 1 aliphatic rings. The van der Waals surface area contributed by atoms with Crippen molar-refractivity contribution in [1.29, 1.82) is 0 Å². The van der Waals surface area contributed by atoms with Crippen molar-refractivity contribution >= 4 is 13.7 Å². The molecule has 1 fully saturated rings. The highest BCUT2D eigenvalue weighted by Gasteiger charge is 2.58. The number of benzene rings is 1. The summed E-state index contributed by atoms with van der Waals surface area (Å²) in [6, 6.07) is 7.66. The van der Waals surface area contributed by atoms with E-state index in [-0.39, 0.29) is 11.3 Å². The number of aromatic nitrogens is 2. The van der Waals surface area contributed by atoms with Crippen LogP contribution in [0.25, 0.3) is 0 Å². The Morgan fingerprint density at radius 1 is 1.29 bits per heavy atom. The maximum Gasteiger partial charge on any atom is 0.459 e. The summed E-state index contributed by atoms with van der Waals surface area (Å²) in [6.07, 6.45) is -2.70. The Morgan fingerprint density at radius 2 is 1.95 bits per heavy atom. The molecule has 0 saturated carbocycles. The molecule has 1 aromatic carbocycles. The number of H-pyrrole nitrogens is 1. The SMILES string of the molecule is C=C(C)C1C(n2ccc(=O)[nH]c2=O)O[C@](F)(COP(=O)(N[C@@H](C)C(=O)OC(C)C)Oc2ccccc2)[C@H]1O. The van der Waals surface area contributed by atoms with Gasteiger partial charge in [0.1, 0.15) is 24.5 Å². The first kappa shape index (κ1) is 29.5. The lowest BCUT2D eigenvalue weighted by Gasteiger charge is -2.28. The molecule has 1 aliphatic heterocycles. The minimum atomic E-state index is -4.49. The van der Waals surface area contributed by atoms with Crippen LogP contribution in [0.1, 0.15) is 33.9 Å². The van der Waals surface area contributed by atoms with Crippen LogP contribution in [0.4, 0.5) is 4.39 Å². The van der Waals surface area contributed by atoms with Crippen molar-refractivity contribution in [2.45, 2.75) is 58.0 Å². The zero-order chi connectivity index (χ0) is 28.3. The first-order chi connectivity index (χ1) is 17.7. The number of hydrogen-bond acceptors (Lipinski definition) is 9. The summed E-state index contributed by atoms with van der Waals surface area (Å²) in [4.78, 5) is 38.2. The lowest BCUT2D eigenvalue weighted by atomic mass is 9.92. The number of hydrogen-bond donors (Lipinski definition) is 3. The van der Waals surface area contributed by atoms with Gasteiger partial charge in [0.15, 0.2) is 6.23 Å². The Kier molecular flexibility index (Phi) is 9.11. The second kappa shape index (κ2) is 11.7. The van der Waals surface area contributed by atoms with Gasteiger partial charge in [-0.05, 0) is 39.8 Å². The number of esters is 1. The standard InChI is InChI=1S/C24H31FN3O9P/c1-14(2)19-20(30)24(25,36-21(19)28-12-11-18(29)26-23(28)32)13-34-38(33,37-17-9-7-6-8-10-17)27-16(5)22(31)35-15(3)4/h6-12,15-16,19-21,30H,1,13H2,2-5H3,(H,27,33)(H,26,29,32)/t16-,19?,20-,21?,24+,38?/m0/s1. The Bertz CT molecular complexity index is 1310. The molecule has 2 heterocycles. The van der Waals surface area contributed by atoms with Crippen LogP contribution in [-0.2, 0) is 23.4 Å². The molecule has 2 aromatic rings. The van der Waals surface area contributed by atoms with Gasteiger partial charge < -0.3 is 19.1 Å². The van der Waals surface area contributed by atoms with E-state index in [1.165, 1.54) is 26.0 Å². The van der Waals surface area contributed by atoms with E-state index in [0.717, 1.165) is 16.8 Å². The number of aromatic amines is 1. The van der Waals surface area contributed by atoms with E-state index < -0.39 is 67.8 Å². The van der Waals surface area contributed by atoms with Crippen molar-refractivity contribution < 1.29 is 37.4 Å². The van der Waals surface area contributed by atoms with E-state index in [9.17, 15) is 24.1 Å².